The maximum Gasteiger partial charge on any atom is 1.00 e. The van der Waals surface area contributed by atoms with Crippen LogP contribution in [0.1, 0.15) is 19.8 Å². The van der Waals surface area contributed by atoms with E-state index in [1.807, 2.05) is 11.5 Å². The summed E-state index contributed by atoms with van der Waals surface area (Å²) in [4.78, 5) is 4.16. The van der Waals surface area contributed by atoms with E-state index in [1.54, 1.807) is 6.07 Å². The molecule has 8 nitrogen and oxygen atoms in total. The van der Waals surface area contributed by atoms with E-state index in [0.717, 1.165) is 5.75 Å². The molecule has 134 valence electrons. The first-order valence-corrected chi connectivity index (χ1v) is 11.2. The Labute approximate surface area is 201 Å². The minimum absolute atomic E-state index is 0. The van der Waals surface area contributed by atoms with Gasteiger partial charge in [0, 0.05) is 6.54 Å². The molecule has 1 heterocycles. The van der Waals surface area contributed by atoms with Crippen LogP contribution in [0.5, 0.6) is 0 Å². The van der Waals surface area contributed by atoms with Crippen LogP contribution in [0.25, 0.3) is 11.0 Å². The molecule has 0 spiro atoms. The summed E-state index contributed by atoms with van der Waals surface area (Å²) < 4.78 is 63.7. The summed E-state index contributed by atoms with van der Waals surface area (Å²) in [6, 6.07) is 4.17. The quantitative estimate of drug-likeness (QED) is 0.185. The van der Waals surface area contributed by atoms with Gasteiger partial charge in [0.1, 0.15) is 0 Å². The van der Waals surface area contributed by atoms with Crippen LogP contribution < -0.4 is 59.1 Å². The number of imidazole rings is 1. The molecule has 0 amide bonds. The fraction of sp³-hybridized carbons (Fsp3) is 0.462. The van der Waals surface area contributed by atoms with Crippen molar-refractivity contribution in [2.75, 3.05) is 11.5 Å². The van der Waals surface area contributed by atoms with Crippen molar-refractivity contribution in [3.8, 4) is 0 Å². The number of hydrogen-bond acceptors (Lipinski definition) is 6. The molecule has 2 aromatic rings. The van der Waals surface area contributed by atoms with Gasteiger partial charge >= 0.3 is 59.1 Å². The molecule has 0 saturated carbocycles. The molecular weight excluding hydrogens is 422 g/mol. The van der Waals surface area contributed by atoms with Gasteiger partial charge < -0.3 is 4.57 Å². The zero-order chi connectivity index (χ0) is 18.0. The largest absolute Gasteiger partial charge is 1.00 e. The Bertz CT molecular complexity index is 944. The second kappa shape index (κ2) is 11.1. The van der Waals surface area contributed by atoms with Gasteiger partial charge in [-0.05, 0) is 36.8 Å². The standard InChI is InChI=1S/C13H18N2O6S3.2Na/c1-2-22-13-14-11-9-10(24(19,20)21)5-6-12(11)15(13)7-3-4-8-23(16,17)18;;/h5-6,9H,2-4,7-8H2,1H3,(H,16,17,18)(H,19,20,21);;/q;2*+1. The normalized spacial score (nSPS) is 11.8. The topological polar surface area (TPSA) is 127 Å². The van der Waals surface area contributed by atoms with E-state index in [9.17, 15) is 16.8 Å². The Morgan fingerprint density at radius 2 is 1.77 bits per heavy atom. The third-order valence-corrected chi connectivity index (χ3v) is 5.80. The molecule has 0 aliphatic carbocycles. The molecule has 0 saturated heterocycles. The summed E-state index contributed by atoms with van der Waals surface area (Å²) in [5, 5.41) is 0.687. The third kappa shape index (κ3) is 7.70. The van der Waals surface area contributed by atoms with Crippen LogP contribution in [0.2, 0.25) is 0 Å². The first kappa shape index (κ1) is 26.9. The molecule has 1 aromatic heterocycles. The average molecular weight is 440 g/mol. The van der Waals surface area contributed by atoms with Crippen molar-refractivity contribution in [3.05, 3.63) is 18.2 Å². The van der Waals surface area contributed by atoms with E-state index >= 15 is 0 Å². The molecule has 1 aromatic carbocycles. The first-order chi connectivity index (χ1) is 11.1. The number of aromatic nitrogens is 2. The molecule has 0 unspecified atom stereocenters. The number of fused-ring (bicyclic) bond motifs is 1. The predicted octanol–water partition coefficient (Wildman–Crippen LogP) is -3.93. The molecule has 0 fully saturated rings. The fourth-order valence-corrected chi connectivity index (χ4v) is 4.09. The molecule has 0 aliphatic heterocycles. The van der Waals surface area contributed by atoms with Crippen molar-refractivity contribution in [1.29, 1.82) is 0 Å². The summed E-state index contributed by atoms with van der Waals surface area (Å²) >= 11 is 1.48. The number of rotatable bonds is 8. The Balaban J connectivity index is 0.00000312. The molecule has 0 bridgehead atoms. The summed E-state index contributed by atoms with van der Waals surface area (Å²) in [6.07, 6.45) is 0.820. The number of unbranched alkanes of at least 4 members (excludes halogenated alkanes) is 1. The Morgan fingerprint density at radius 3 is 2.31 bits per heavy atom. The molecule has 2 N–H and O–H groups in total. The molecule has 0 radical (unpaired) electrons. The van der Waals surface area contributed by atoms with E-state index in [1.165, 1.54) is 23.9 Å². The van der Waals surface area contributed by atoms with Gasteiger partial charge in [-0.15, -0.1) is 0 Å². The summed E-state index contributed by atoms with van der Waals surface area (Å²) in [7, 11) is -8.27. The van der Waals surface area contributed by atoms with Gasteiger partial charge in [-0.1, -0.05) is 18.7 Å². The van der Waals surface area contributed by atoms with Gasteiger partial charge in [-0.2, -0.15) is 16.8 Å². The molecular formula is C13H18N2Na2O6S3+2. The van der Waals surface area contributed by atoms with Crippen LogP contribution in [-0.4, -0.2) is 47.0 Å². The van der Waals surface area contributed by atoms with Crippen molar-refractivity contribution in [2.24, 2.45) is 0 Å². The minimum Gasteiger partial charge on any atom is -0.319 e. The van der Waals surface area contributed by atoms with Gasteiger partial charge in [0.05, 0.1) is 21.7 Å². The monoisotopic (exact) mass is 440 g/mol. The number of nitrogens with zero attached hydrogens (tertiary/aromatic N) is 2. The van der Waals surface area contributed by atoms with Gasteiger partial charge in [-0.3, -0.25) is 9.11 Å². The first-order valence-electron chi connectivity index (χ1n) is 7.17. The van der Waals surface area contributed by atoms with Crippen LogP contribution in [0.3, 0.4) is 0 Å². The van der Waals surface area contributed by atoms with Crippen LogP contribution in [-0.2, 0) is 26.8 Å². The van der Waals surface area contributed by atoms with E-state index in [4.69, 9.17) is 9.11 Å². The Kier molecular flexibility index (Phi) is 11.5. The fourth-order valence-electron chi connectivity index (χ4n) is 2.26. The van der Waals surface area contributed by atoms with E-state index < -0.39 is 20.2 Å². The smallest absolute Gasteiger partial charge is 0.319 e. The van der Waals surface area contributed by atoms with Crippen molar-refractivity contribution < 1.29 is 85.1 Å². The van der Waals surface area contributed by atoms with Gasteiger partial charge in [0.25, 0.3) is 20.2 Å². The van der Waals surface area contributed by atoms with Crippen molar-refractivity contribution >= 4 is 43.0 Å². The van der Waals surface area contributed by atoms with E-state index in [2.05, 4.69) is 4.98 Å². The van der Waals surface area contributed by atoms with Gasteiger partial charge in [-0.25, -0.2) is 4.98 Å². The van der Waals surface area contributed by atoms with Crippen molar-refractivity contribution in [3.63, 3.8) is 0 Å². The molecule has 0 aliphatic rings. The summed E-state index contributed by atoms with van der Waals surface area (Å²) in [6.45, 7) is 2.44. The van der Waals surface area contributed by atoms with Crippen molar-refractivity contribution in [2.45, 2.75) is 36.4 Å². The molecule has 0 atom stereocenters. The van der Waals surface area contributed by atoms with Gasteiger partial charge in [0.15, 0.2) is 5.16 Å². The van der Waals surface area contributed by atoms with Crippen LogP contribution in [0, 0.1) is 0 Å². The van der Waals surface area contributed by atoms with Crippen LogP contribution in [0.4, 0.5) is 0 Å². The Hall–Kier alpha value is 0.860. The van der Waals surface area contributed by atoms with E-state index in [-0.39, 0.29) is 69.8 Å². The predicted molar refractivity (Wildman–Crippen MR) is 91.6 cm³/mol. The number of thioether (sulfide) groups is 1. The number of hydrogen-bond donors (Lipinski definition) is 2. The van der Waals surface area contributed by atoms with Crippen LogP contribution in [0.15, 0.2) is 28.3 Å². The van der Waals surface area contributed by atoms with Gasteiger partial charge in [0.2, 0.25) is 0 Å². The maximum atomic E-state index is 11.2. The molecule has 26 heavy (non-hydrogen) atoms. The SMILES string of the molecule is CCSc1nc2cc(S(=O)(=O)O)ccc2n1CCCCS(=O)(=O)O.[Na+].[Na+]. The van der Waals surface area contributed by atoms with Crippen molar-refractivity contribution in [1.82, 2.24) is 9.55 Å². The minimum atomic E-state index is -4.30. The zero-order valence-electron chi connectivity index (χ0n) is 14.9. The maximum absolute atomic E-state index is 11.2. The third-order valence-electron chi connectivity index (χ3n) is 3.29. The summed E-state index contributed by atoms with van der Waals surface area (Å²) in [5.74, 6) is 0.461. The average Bonchev–Trinajstić information content (AvgIpc) is 2.79. The molecule has 2 rings (SSSR count). The Morgan fingerprint density at radius 1 is 1.12 bits per heavy atom. The molecule has 13 heteroatoms. The number of aryl methyl sites for hydroxylation is 1. The number of benzene rings is 1. The van der Waals surface area contributed by atoms with E-state index in [0.29, 0.717) is 35.6 Å². The second-order valence-corrected chi connectivity index (χ2v) is 9.32. The summed E-state index contributed by atoms with van der Waals surface area (Å²) in [5.41, 5.74) is 1.14. The van der Waals surface area contributed by atoms with Crippen LogP contribution >= 0.6 is 11.8 Å². The second-order valence-electron chi connectivity index (χ2n) is 5.10. The zero-order valence-corrected chi connectivity index (χ0v) is 21.4.